The number of benzene rings is 3. The molecule has 10 heteroatoms. The van der Waals surface area contributed by atoms with Crippen molar-refractivity contribution in [3.05, 3.63) is 98.6 Å². The number of carbonyl (C=O) groups is 2. The number of anilines is 1. The Labute approximate surface area is 198 Å². The molecule has 4 rings (SSSR count). The number of rotatable bonds is 5. The number of Topliss-reactive ketones (excluding diaryl/α,β-unsaturated/α-hetero) is 1. The van der Waals surface area contributed by atoms with Crippen LogP contribution in [0.3, 0.4) is 0 Å². The lowest BCUT2D eigenvalue weighted by molar-refractivity contribution is -0.384. The van der Waals surface area contributed by atoms with E-state index in [1.807, 2.05) is 0 Å². The quantitative estimate of drug-likeness (QED) is 0.179. The van der Waals surface area contributed by atoms with E-state index in [1.54, 1.807) is 18.2 Å². The molecule has 2 N–H and O–H groups in total. The predicted octanol–water partition coefficient (Wildman–Crippen LogP) is 4.59. The number of aromatic hydroxyl groups is 1. The molecule has 1 saturated heterocycles. The van der Waals surface area contributed by atoms with Crippen LogP contribution in [0.5, 0.6) is 11.5 Å². The number of nitro benzene ring substituents is 1. The number of aliphatic hydroxyl groups excluding tert-OH is 1. The van der Waals surface area contributed by atoms with Gasteiger partial charge in [-0.05, 0) is 35.9 Å². The molecule has 9 nitrogen and oxygen atoms in total. The lowest BCUT2D eigenvalue weighted by Crippen LogP contribution is -2.29. The van der Waals surface area contributed by atoms with Crippen LogP contribution in [0.2, 0.25) is 5.02 Å². The Morgan fingerprint density at radius 1 is 1.09 bits per heavy atom. The standard InChI is InChI=1S/C24H17ClN2O7/c1-34-19-9-8-13(11-18(19)28)21-20(22(29)14-4-2-7-17(10-14)27(32)33)23(30)24(31)26(21)16-6-3-5-15(25)12-16/h2-12,21,28-29H,1H3/b22-20-. The first-order valence-corrected chi connectivity index (χ1v) is 10.3. The van der Waals surface area contributed by atoms with Gasteiger partial charge >= 0.3 is 0 Å². The van der Waals surface area contributed by atoms with E-state index in [0.717, 1.165) is 11.0 Å². The molecule has 172 valence electrons. The van der Waals surface area contributed by atoms with Gasteiger partial charge in [-0.2, -0.15) is 0 Å². The fraction of sp³-hybridized carbons (Fsp3) is 0.0833. The van der Waals surface area contributed by atoms with Gasteiger partial charge in [-0.3, -0.25) is 24.6 Å². The summed E-state index contributed by atoms with van der Waals surface area (Å²) in [7, 11) is 1.37. The molecule has 1 heterocycles. The van der Waals surface area contributed by atoms with Gasteiger partial charge in [-0.25, -0.2) is 0 Å². The third-order valence-electron chi connectivity index (χ3n) is 5.38. The Kier molecular flexibility index (Phi) is 5.95. The molecule has 0 bridgehead atoms. The number of methoxy groups -OCH3 is 1. The van der Waals surface area contributed by atoms with Crippen molar-refractivity contribution in [1.82, 2.24) is 0 Å². The summed E-state index contributed by atoms with van der Waals surface area (Å²) in [4.78, 5) is 38.0. The van der Waals surface area contributed by atoms with Gasteiger partial charge in [0.2, 0.25) is 0 Å². The SMILES string of the molecule is COc1ccc(C2/C(=C(/O)c3cccc([N+](=O)[O-])c3)C(=O)C(=O)N2c2cccc(Cl)c2)cc1O. The maximum absolute atomic E-state index is 13.1. The minimum Gasteiger partial charge on any atom is -0.507 e. The smallest absolute Gasteiger partial charge is 0.300 e. The normalized spacial score (nSPS) is 17.1. The van der Waals surface area contributed by atoms with E-state index >= 15 is 0 Å². The number of ketones is 1. The predicted molar refractivity (Wildman–Crippen MR) is 124 cm³/mol. The Balaban J connectivity index is 1.97. The van der Waals surface area contributed by atoms with Gasteiger partial charge in [-0.1, -0.05) is 35.9 Å². The van der Waals surface area contributed by atoms with Gasteiger partial charge in [0, 0.05) is 28.4 Å². The van der Waals surface area contributed by atoms with Crippen LogP contribution in [0.1, 0.15) is 17.2 Å². The zero-order valence-electron chi connectivity index (χ0n) is 17.6. The zero-order chi connectivity index (χ0) is 24.6. The lowest BCUT2D eigenvalue weighted by Gasteiger charge is -2.26. The average Bonchev–Trinajstić information content (AvgIpc) is 3.09. The van der Waals surface area contributed by atoms with Gasteiger partial charge < -0.3 is 14.9 Å². The first-order chi connectivity index (χ1) is 16.2. The van der Waals surface area contributed by atoms with Crippen LogP contribution in [0.25, 0.3) is 5.76 Å². The molecule has 34 heavy (non-hydrogen) atoms. The molecule has 1 amide bonds. The molecular formula is C24H17ClN2O7. The number of hydrogen-bond acceptors (Lipinski definition) is 7. The van der Waals surface area contributed by atoms with E-state index in [9.17, 15) is 29.9 Å². The Bertz CT molecular complexity index is 1370. The second-order valence-electron chi connectivity index (χ2n) is 7.39. The van der Waals surface area contributed by atoms with Crippen molar-refractivity contribution in [3.8, 4) is 11.5 Å². The van der Waals surface area contributed by atoms with Crippen molar-refractivity contribution in [3.63, 3.8) is 0 Å². The first-order valence-electron chi connectivity index (χ1n) is 9.91. The second-order valence-corrected chi connectivity index (χ2v) is 7.82. The number of ether oxygens (including phenoxy) is 1. The van der Waals surface area contributed by atoms with Crippen molar-refractivity contribution in [2.45, 2.75) is 6.04 Å². The van der Waals surface area contributed by atoms with Gasteiger partial charge in [0.1, 0.15) is 5.76 Å². The molecule has 1 aliphatic rings. The van der Waals surface area contributed by atoms with Gasteiger partial charge in [0.15, 0.2) is 11.5 Å². The summed E-state index contributed by atoms with van der Waals surface area (Å²) in [5.74, 6) is -2.60. The number of non-ortho nitro benzene ring substituents is 1. The number of phenolic OH excluding ortho intramolecular Hbond substituents is 1. The molecule has 1 aliphatic heterocycles. The van der Waals surface area contributed by atoms with Crippen LogP contribution in [-0.4, -0.2) is 33.9 Å². The summed E-state index contributed by atoms with van der Waals surface area (Å²) in [5, 5.41) is 32.9. The second kappa shape index (κ2) is 8.87. The monoisotopic (exact) mass is 480 g/mol. The zero-order valence-corrected chi connectivity index (χ0v) is 18.4. The Morgan fingerprint density at radius 3 is 2.47 bits per heavy atom. The molecular weight excluding hydrogens is 464 g/mol. The largest absolute Gasteiger partial charge is 0.507 e. The molecule has 1 fully saturated rings. The van der Waals surface area contributed by atoms with Crippen molar-refractivity contribution in [2.75, 3.05) is 12.0 Å². The minimum absolute atomic E-state index is 0.0129. The van der Waals surface area contributed by atoms with Crippen LogP contribution in [0.4, 0.5) is 11.4 Å². The third kappa shape index (κ3) is 3.93. The molecule has 3 aromatic carbocycles. The Hall–Kier alpha value is -4.37. The van der Waals surface area contributed by atoms with Gasteiger partial charge in [0.25, 0.3) is 17.4 Å². The van der Waals surface area contributed by atoms with E-state index in [0.29, 0.717) is 10.6 Å². The lowest BCUT2D eigenvalue weighted by atomic mass is 9.94. The number of nitrogens with zero attached hydrogens (tertiary/aromatic N) is 2. The molecule has 0 aliphatic carbocycles. The highest BCUT2D eigenvalue weighted by atomic mass is 35.5. The van der Waals surface area contributed by atoms with Gasteiger partial charge in [0.05, 0.1) is 23.6 Å². The summed E-state index contributed by atoms with van der Waals surface area (Å²) >= 11 is 6.10. The maximum atomic E-state index is 13.1. The number of carbonyl (C=O) groups excluding carboxylic acids is 2. The molecule has 0 spiro atoms. The average molecular weight is 481 g/mol. The number of nitro groups is 1. The highest BCUT2D eigenvalue weighted by Gasteiger charge is 2.47. The molecule has 1 atom stereocenters. The third-order valence-corrected chi connectivity index (χ3v) is 5.61. The summed E-state index contributed by atoms with van der Waals surface area (Å²) in [6, 6.07) is 14.5. The van der Waals surface area contributed by atoms with Crippen LogP contribution in [0.15, 0.2) is 72.3 Å². The van der Waals surface area contributed by atoms with Gasteiger partial charge in [-0.15, -0.1) is 0 Å². The van der Waals surface area contributed by atoms with Crippen molar-refractivity contribution in [2.24, 2.45) is 0 Å². The summed E-state index contributed by atoms with van der Waals surface area (Å²) in [5.41, 5.74) is -0.0275. The fourth-order valence-corrected chi connectivity index (χ4v) is 4.02. The highest BCUT2D eigenvalue weighted by molar-refractivity contribution is 6.51. The summed E-state index contributed by atoms with van der Waals surface area (Å²) < 4.78 is 5.07. The van der Waals surface area contributed by atoms with Crippen molar-refractivity contribution >= 4 is 40.4 Å². The minimum atomic E-state index is -1.16. The van der Waals surface area contributed by atoms with Crippen LogP contribution in [0, 0.1) is 10.1 Å². The van der Waals surface area contributed by atoms with Crippen LogP contribution < -0.4 is 9.64 Å². The van der Waals surface area contributed by atoms with E-state index < -0.39 is 28.4 Å². The molecule has 0 radical (unpaired) electrons. The van der Waals surface area contributed by atoms with Crippen LogP contribution >= 0.6 is 11.6 Å². The van der Waals surface area contributed by atoms with E-state index in [4.69, 9.17) is 16.3 Å². The molecule has 3 aromatic rings. The number of amides is 1. The fourth-order valence-electron chi connectivity index (χ4n) is 3.84. The summed E-state index contributed by atoms with van der Waals surface area (Å²) in [6.45, 7) is 0. The molecule has 0 saturated carbocycles. The van der Waals surface area contributed by atoms with Crippen LogP contribution in [-0.2, 0) is 9.59 Å². The van der Waals surface area contributed by atoms with E-state index in [-0.39, 0.29) is 34.0 Å². The highest BCUT2D eigenvalue weighted by Crippen LogP contribution is 2.44. The molecule has 0 aromatic heterocycles. The number of phenols is 1. The number of halogens is 1. The van der Waals surface area contributed by atoms with E-state index in [2.05, 4.69) is 0 Å². The number of hydrogen-bond donors (Lipinski definition) is 2. The molecule has 1 unspecified atom stereocenters. The van der Waals surface area contributed by atoms with Crippen molar-refractivity contribution < 1.29 is 29.5 Å². The number of aliphatic hydroxyl groups is 1. The van der Waals surface area contributed by atoms with Crippen molar-refractivity contribution in [1.29, 1.82) is 0 Å². The Morgan fingerprint density at radius 2 is 1.82 bits per heavy atom. The summed E-state index contributed by atoms with van der Waals surface area (Å²) in [6.07, 6.45) is 0. The maximum Gasteiger partial charge on any atom is 0.300 e. The topological polar surface area (TPSA) is 130 Å². The van der Waals surface area contributed by atoms with E-state index in [1.165, 1.54) is 49.6 Å². The first kappa shape index (κ1) is 22.8.